The van der Waals surface area contributed by atoms with Gasteiger partial charge < -0.3 is 20.1 Å². The van der Waals surface area contributed by atoms with Crippen LogP contribution in [0.25, 0.3) is 6.08 Å². The molecular formula is C27H52O4. The lowest BCUT2D eigenvalue weighted by Crippen LogP contribution is -2.15. The summed E-state index contributed by atoms with van der Waals surface area (Å²) in [5.74, 6) is -1.50. The van der Waals surface area contributed by atoms with Crippen LogP contribution in [0.4, 0.5) is 0 Å². The Balaban J connectivity index is -0.000000172. The summed E-state index contributed by atoms with van der Waals surface area (Å²) in [7, 11) is 0. The topological polar surface area (TPSA) is 69.9 Å². The third kappa shape index (κ3) is 28.5. The summed E-state index contributed by atoms with van der Waals surface area (Å²) in [5, 5.41) is 25.1. The fourth-order valence-electron chi connectivity index (χ4n) is 2.11. The van der Waals surface area contributed by atoms with Crippen LogP contribution in [0.1, 0.15) is 98.3 Å². The maximum absolute atomic E-state index is 8.93. The highest BCUT2D eigenvalue weighted by Gasteiger charge is 2.11. The molecule has 31 heavy (non-hydrogen) atoms. The zero-order valence-corrected chi connectivity index (χ0v) is 22.0. The highest BCUT2D eigenvalue weighted by Crippen LogP contribution is 2.14. The summed E-state index contributed by atoms with van der Waals surface area (Å²) in [6.07, 6.45) is 9.98. The minimum atomic E-state index is -1.50. The van der Waals surface area contributed by atoms with E-state index in [1.54, 1.807) is 6.08 Å². The Morgan fingerprint density at radius 2 is 1.61 bits per heavy atom. The number of allylic oxidation sites excluding steroid dienone is 2. The van der Waals surface area contributed by atoms with E-state index in [4.69, 9.17) is 20.1 Å². The lowest BCUT2D eigenvalue weighted by Gasteiger charge is -2.03. The summed E-state index contributed by atoms with van der Waals surface area (Å²) in [4.78, 5) is 0. The van der Waals surface area contributed by atoms with Crippen molar-refractivity contribution < 1.29 is 20.1 Å². The third-order valence-corrected chi connectivity index (χ3v) is 3.42. The minimum Gasteiger partial charge on any atom is -0.392 e. The number of benzene rings is 1. The van der Waals surface area contributed by atoms with E-state index in [-0.39, 0.29) is 6.61 Å². The van der Waals surface area contributed by atoms with Gasteiger partial charge in [-0.25, -0.2) is 0 Å². The van der Waals surface area contributed by atoms with E-state index in [2.05, 4.69) is 13.5 Å². The Hall–Kier alpha value is -1.46. The first kappa shape index (κ1) is 36.9. The van der Waals surface area contributed by atoms with Gasteiger partial charge in [-0.3, -0.25) is 0 Å². The largest absolute Gasteiger partial charge is 0.392 e. The first-order valence-corrected chi connectivity index (χ1v) is 11.8. The predicted molar refractivity (Wildman–Crippen MR) is 138 cm³/mol. The smallest absolute Gasteiger partial charge is 0.156 e. The van der Waals surface area contributed by atoms with Crippen LogP contribution in [0.5, 0.6) is 0 Å². The Morgan fingerprint density at radius 1 is 1.10 bits per heavy atom. The van der Waals surface area contributed by atoms with Crippen LogP contribution in [-0.2, 0) is 11.3 Å². The van der Waals surface area contributed by atoms with Gasteiger partial charge in [0.05, 0.1) is 12.7 Å². The van der Waals surface area contributed by atoms with E-state index in [9.17, 15) is 0 Å². The molecule has 1 saturated heterocycles. The van der Waals surface area contributed by atoms with Crippen LogP contribution in [0.15, 0.2) is 36.9 Å². The van der Waals surface area contributed by atoms with Crippen molar-refractivity contribution in [2.45, 2.75) is 107 Å². The van der Waals surface area contributed by atoms with Gasteiger partial charge in [-0.2, -0.15) is 0 Å². The molecule has 0 bridgehead atoms. The zero-order chi connectivity index (χ0) is 25.3. The fraction of sp³-hybridized carbons (Fsp3) is 0.630. The maximum Gasteiger partial charge on any atom is 0.156 e. The van der Waals surface area contributed by atoms with Gasteiger partial charge in [-0.1, -0.05) is 85.4 Å². The summed E-state index contributed by atoms with van der Waals surface area (Å²) < 4.78 is 5.30. The van der Waals surface area contributed by atoms with Gasteiger partial charge in [-0.05, 0) is 62.8 Å². The molecule has 1 aliphatic rings. The molecule has 4 heteroatoms. The number of aliphatic hydroxyl groups is 3. The Morgan fingerprint density at radius 3 is 1.94 bits per heavy atom. The molecule has 2 rings (SSSR count). The Bertz CT molecular complexity index is 504. The highest BCUT2D eigenvalue weighted by atomic mass is 16.5. The van der Waals surface area contributed by atoms with E-state index in [1.165, 1.54) is 38.7 Å². The number of ether oxygens (including phenoxy) is 1. The van der Waals surface area contributed by atoms with Gasteiger partial charge in [0.2, 0.25) is 0 Å². The first-order valence-electron chi connectivity index (χ1n) is 11.8. The lowest BCUT2D eigenvalue weighted by atomic mass is 10.0. The van der Waals surface area contributed by atoms with Crippen LogP contribution in [0.3, 0.4) is 0 Å². The molecule has 1 aromatic rings. The number of rotatable bonds is 4. The predicted octanol–water partition coefficient (Wildman–Crippen LogP) is 7.05. The first-order chi connectivity index (χ1) is 14.7. The van der Waals surface area contributed by atoms with Gasteiger partial charge in [-0.15, -0.1) is 0 Å². The molecule has 0 saturated carbocycles. The quantitative estimate of drug-likeness (QED) is 0.346. The summed E-state index contributed by atoms with van der Waals surface area (Å²) in [6, 6.07) is 5.92. The van der Waals surface area contributed by atoms with Crippen LogP contribution in [0, 0.1) is 6.92 Å². The molecule has 1 atom stereocenters. The van der Waals surface area contributed by atoms with Gasteiger partial charge in [0, 0.05) is 6.61 Å². The standard InChI is InChI=1S/C12H14O.C6H12O.C3H8O2.3C2H6/c1-3-4-5-12-8-11(9-13)7-6-10(12)2;1-2-6-4-3-5-7-6;1-3(2,4)5;3*1-2/h3-8,13H,1,9H2,2H3;6H,2-5H2,1H3;4-5H,1-2H3;3*1-2H3/b5-4-;;;;;. The van der Waals surface area contributed by atoms with E-state index in [0.717, 1.165) is 17.7 Å². The van der Waals surface area contributed by atoms with Crippen molar-refractivity contribution >= 4 is 6.08 Å². The SMILES string of the molecule is C=C/C=C\c1cc(CO)ccc1C.CC.CC.CC.CC(C)(O)O.CCC1CCCO1. The number of aliphatic hydroxyl groups excluding tert-OH is 1. The molecule has 0 aliphatic carbocycles. The van der Waals surface area contributed by atoms with Crippen LogP contribution in [0.2, 0.25) is 0 Å². The summed E-state index contributed by atoms with van der Waals surface area (Å²) in [5.41, 5.74) is 3.27. The van der Waals surface area contributed by atoms with Crippen molar-refractivity contribution in [2.75, 3.05) is 6.61 Å². The van der Waals surface area contributed by atoms with Crippen LogP contribution < -0.4 is 0 Å². The van der Waals surface area contributed by atoms with E-state index < -0.39 is 5.79 Å². The molecule has 1 aliphatic heterocycles. The third-order valence-electron chi connectivity index (χ3n) is 3.42. The number of aryl methyl sites for hydroxylation is 1. The van der Waals surface area contributed by atoms with Gasteiger partial charge in [0.25, 0.3) is 0 Å². The molecule has 0 amide bonds. The van der Waals surface area contributed by atoms with Crippen molar-refractivity contribution in [1.82, 2.24) is 0 Å². The number of hydrogen-bond acceptors (Lipinski definition) is 4. The van der Waals surface area contributed by atoms with Crippen molar-refractivity contribution in [3.63, 3.8) is 0 Å². The van der Waals surface area contributed by atoms with Crippen LogP contribution >= 0.6 is 0 Å². The number of hydrogen-bond donors (Lipinski definition) is 3. The molecule has 184 valence electrons. The molecule has 0 spiro atoms. The minimum absolute atomic E-state index is 0.0925. The monoisotopic (exact) mass is 440 g/mol. The summed E-state index contributed by atoms with van der Waals surface area (Å²) in [6.45, 7) is 23.5. The molecule has 1 aromatic carbocycles. The lowest BCUT2D eigenvalue weighted by molar-refractivity contribution is -0.127. The van der Waals surface area contributed by atoms with Crippen molar-refractivity contribution in [2.24, 2.45) is 0 Å². The molecule has 1 heterocycles. The summed E-state index contributed by atoms with van der Waals surface area (Å²) >= 11 is 0. The van der Waals surface area contributed by atoms with E-state index >= 15 is 0 Å². The van der Waals surface area contributed by atoms with Crippen molar-refractivity contribution in [1.29, 1.82) is 0 Å². The second-order valence-corrected chi connectivity index (χ2v) is 6.48. The highest BCUT2D eigenvalue weighted by molar-refractivity contribution is 5.55. The molecular weight excluding hydrogens is 388 g/mol. The maximum atomic E-state index is 8.93. The van der Waals surface area contributed by atoms with E-state index in [0.29, 0.717) is 6.10 Å². The molecule has 0 radical (unpaired) electrons. The Labute approximate surface area is 193 Å². The second-order valence-electron chi connectivity index (χ2n) is 6.48. The van der Waals surface area contributed by atoms with Crippen molar-refractivity contribution in [3.05, 3.63) is 53.6 Å². The molecule has 3 N–H and O–H groups in total. The fourth-order valence-corrected chi connectivity index (χ4v) is 2.11. The van der Waals surface area contributed by atoms with Crippen LogP contribution in [-0.4, -0.2) is 33.8 Å². The Kier molecular flexibility index (Phi) is 31.6. The second kappa shape index (κ2) is 26.6. The molecule has 1 fully saturated rings. The van der Waals surface area contributed by atoms with Gasteiger partial charge in [0.1, 0.15) is 0 Å². The molecule has 1 unspecified atom stereocenters. The molecule has 4 nitrogen and oxygen atoms in total. The van der Waals surface area contributed by atoms with E-state index in [1.807, 2.05) is 78.8 Å². The average molecular weight is 441 g/mol. The zero-order valence-electron chi connectivity index (χ0n) is 22.0. The van der Waals surface area contributed by atoms with Crippen molar-refractivity contribution in [3.8, 4) is 0 Å². The van der Waals surface area contributed by atoms with Gasteiger partial charge >= 0.3 is 0 Å². The molecule has 0 aromatic heterocycles. The average Bonchev–Trinajstić information content (AvgIpc) is 3.31. The normalized spacial score (nSPS) is 14.0. The van der Waals surface area contributed by atoms with Gasteiger partial charge in [0.15, 0.2) is 5.79 Å².